The summed E-state index contributed by atoms with van der Waals surface area (Å²) in [6, 6.07) is 8.47. The van der Waals surface area contributed by atoms with Crippen molar-refractivity contribution < 1.29 is 9.53 Å². The average Bonchev–Trinajstić information content (AvgIpc) is 2.26. The van der Waals surface area contributed by atoms with Crippen molar-refractivity contribution in [3.8, 4) is 0 Å². The van der Waals surface area contributed by atoms with Crippen molar-refractivity contribution in [2.24, 2.45) is 0 Å². The first-order chi connectivity index (χ1) is 9.81. The van der Waals surface area contributed by atoms with Gasteiger partial charge in [0.15, 0.2) is 0 Å². The van der Waals surface area contributed by atoms with E-state index in [1.54, 1.807) is 0 Å². The van der Waals surface area contributed by atoms with Crippen molar-refractivity contribution in [2.45, 2.75) is 45.3 Å². The lowest BCUT2D eigenvalue weighted by Gasteiger charge is -2.63. The first-order valence-corrected chi connectivity index (χ1v) is 7.62. The highest BCUT2D eigenvalue weighted by atomic mass is 16.6. The highest BCUT2D eigenvalue weighted by Crippen LogP contribution is 2.43. The molecule has 21 heavy (non-hydrogen) atoms. The van der Waals surface area contributed by atoms with Gasteiger partial charge in [-0.15, -0.1) is 0 Å². The Kier molecular flexibility index (Phi) is 3.15. The fourth-order valence-electron chi connectivity index (χ4n) is 3.23. The van der Waals surface area contributed by atoms with Crippen LogP contribution in [0.25, 0.3) is 0 Å². The van der Waals surface area contributed by atoms with Crippen LogP contribution in [0, 0.1) is 6.92 Å². The first kappa shape index (κ1) is 14.2. The second kappa shape index (κ2) is 4.65. The van der Waals surface area contributed by atoms with E-state index in [9.17, 15) is 4.79 Å². The van der Waals surface area contributed by atoms with E-state index >= 15 is 0 Å². The summed E-state index contributed by atoms with van der Waals surface area (Å²) in [7, 11) is 0. The molecule has 4 nitrogen and oxygen atoms in total. The molecule has 1 aromatic rings. The molecule has 0 aliphatic carbocycles. The van der Waals surface area contributed by atoms with E-state index in [0.29, 0.717) is 0 Å². The van der Waals surface area contributed by atoms with Gasteiger partial charge in [-0.2, -0.15) is 0 Å². The normalized spacial score (nSPS) is 20.0. The Morgan fingerprint density at radius 1 is 1.24 bits per heavy atom. The molecule has 0 unspecified atom stereocenters. The Morgan fingerprint density at radius 2 is 1.90 bits per heavy atom. The van der Waals surface area contributed by atoms with Crippen molar-refractivity contribution in [1.82, 2.24) is 4.90 Å². The predicted octanol–water partition coefficient (Wildman–Crippen LogP) is 3.19. The van der Waals surface area contributed by atoms with Crippen LogP contribution in [0.3, 0.4) is 0 Å². The molecule has 2 heterocycles. The number of hydrogen-bond donors (Lipinski definition) is 0. The van der Waals surface area contributed by atoms with Gasteiger partial charge in [0.05, 0.1) is 5.54 Å². The molecule has 1 amide bonds. The number of para-hydroxylation sites is 1. The molecule has 0 aromatic heterocycles. The van der Waals surface area contributed by atoms with Gasteiger partial charge in [-0.25, -0.2) is 4.79 Å². The van der Waals surface area contributed by atoms with E-state index in [2.05, 4.69) is 36.1 Å². The lowest BCUT2D eigenvalue weighted by atomic mass is 9.77. The topological polar surface area (TPSA) is 32.8 Å². The average molecular weight is 288 g/mol. The van der Waals surface area contributed by atoms with E-state index in [1.165, 1.54) is 11.3 Å². The number of nitrogens with zero attached hydrogens (tertiary/aromatic N) is 2. The molecule has 2 saturated heterocycles. The van der Waals surface area contributed by atoms with Crippen molar-refractivity contribution >= 4 is 11.8 Å². The number of amides is 1. The van der Waals surface area contributed by atoms with Gasteiger partial charge in [0.25, 0.3) is 0 Å². The molecule has 0 atom stereocenters. The Morgan fingerprint density at radius 3 is 2.43 bits per heavy atom. The molecular formula is C17H24N2O2. The van der Waals surface area contributed by atoms with Gasteiger partial charge in [0.1, 0.15) is 5.60 Å². The highest BCUT2D eigenvalue weighted by Gasteiger charge is 2.55. The minimum absolute atomic E-state index is 0.142. The van der Waals surface area contributed by atoms with Crippen LogP contribution in [0.2, 0.25) is 0 Å². The molecule has 4 heteroatoms. The van der Waals surface area contributed by atoms with E-state index in [0.717, 1.165) is 26.1 Å². The van der Waals surface area contributed by atoms with Crippen LogP contribution in [0.5, 0.6) is 0 Å². The van der Waals surface area contributed by atoms with Crippen molar-refractivity contribution in [3.63, 3.8) is 0 Å². The highest BCUT2D eigenvalue weighted by molar-refractivity contribution is 5.71. The summed E-state index contributed by atoms with van der Waals surface area (Å²) >= 11 is 0. The Hall–Kier alpha value is -1.71. The first-order valence-electron chi connectivity index (χ1n) is 7.62. The molecule has 0 radical (unpaired) electrons. The second-order valence-corrected chi connectivity index (χ2v) is 7.25. The van der Waals surface area contributed by atoms with Crippen LogP contribution in [-0.2, 0) is 4.74 Å². The minimum Gasteiger partial charge on any atom is -0.444 e. The minimum atomic E-state index is -0.421. The Labute approximate surface area is 126 Å². The third-order valence-corrected chi connectivity index (χ3v) is 4.40. The molecule has 0 saturated carbocycles. The summed E-state index contributed by atoms with van der Waals surface area (Å²) in [4.78, 5) is 16.3. The number of anilines is 1. The summed E-state index contributed by atoms with van der Waals surface area (Å²) in [5.41, 5.74) is 2.32. The third-order valence-electron chi connectivity index (χ3n) is 4.40. The lowest BCUT2D eigenvalue weighted by Crippen LogP contribution is -2.78. The summed E-state index contributed by atoms with van der Waals surface area (Å²) in [5, 5.41) is 0. The standard InChI is InChI=1S/C17H24N2O2/c1-13-7-5-6-8-14(13)19-10-9-17(19)11-18(12-17)15(20)21-16(2,3)4/h5-8H,9-12H2,1-4H3. The summed E-state index contributed by atoms with van der Waals surface area (Å²) in [5.74, 6) is 0. The maximum absolute atomic E-state index is 12.1. The second-order valence-electron chi connectivity index (χ2n) is 7.25. The zero-order valence-electron chi connectivity index (χ0n) is 13.3. The SMILES string of the molecule is Cc1ccccc1N1CCC12CN(C(=O)OC(C)(C)C)C2. The largest absolute Gasteiger partial charge is 0.444 e. The maximum Gasteiger partial charge on any atom is 0.410 e. The van der Waals surface area contributed by atoms with Gasteiger partial charge in [-0.05, 0) is 45.7 Å². The van der Waals surface area contributed by atoms with Gasteiger partial charge in [0.2, 0.25) is 0 Å². The quantitative estimate of drug-likeness (QED) is 0.795. The summed E-state index contributed by atoms with van der Waals surface area (Å²) < 4.78 is 5.44. The molecule has 114 valence electrons. The fourth-order valence-corrected chi connectivity index (χ4v) is 3.23. The summed E-state index contributed by atoms with van der Waals surface area (Å²) in [6.45, 7) is 10.5. The van der Waals surface area contributed by atoms with Crippen molar-refractivity contribution in [2.75, 3.05) is 24.5 Å². The molecule has 1 aromatic carbocycles. The van der Waals surface area contributed by atoms with Gasteiger partial charge in [-0.1, -0.05) is 18.2 Å². The van der Waals surface area contributed by atoms with E-state index < -0.39 is 5.60 Å². The van der Waals surface area contributed by atoms with Crippen molar-refractivity contribution in [1.29, 1.82) is 0 Å². The fraction of sp³-hybridized carbons (Fsp3) is 0.588. The molecule has 3 rings (SSSR count). The predicted molar refractivity (Wildman–Crippen MR) is 83.7 cm³/mol. The zero-order chi connectivity index (χ0) is 15.3. The van der Waals surface area contributed by atoms with Gasteiger partial charge >= 0.3 is 6.09 Å². The number of benzene rings is 1. The van der Waals surface area contributed by atoms with Crippen LogP contribution >= 0.6 is 0 Å². The van der Waals surface area contributed by atoms with Gasteiger partial charge in [-0.3, -0.25) is 0 Å². The summed E-state index contributed by atoms with van der Waals surface area (Å²) in [6.07, 6.45) is 0.963. The van der Waals surface area contributed by atoms with E-state index in [-0.39, 0.29) is 11.6 Å². The van der Waals surface area contributed by atoms with E-state index in [4.69, 9.17) is 4.74 Å². The number of likely N-dealkylation sites (tertiary alicyclic amines) is 1. The molecule has 2 aliphatic rings. The molecular weight excluding hydrogens is 264 g/mol. The number of carbonyl (C=O) groups excluding carboxylic acids is 1. The van der Waals surface area contributed by atoms with Crippen molar-refractivity contribution in [3.05, 3.63) is 29.8 Å². The Balaban J connectivity index is 1.65. The Bertz CT molecular complexity index is 556. The molecule has 2 aliphatic heterocycles. The number of hydrogen-bond acceptors (Lipinski definition) is 3. The molecule has 0 N–H and O–H groups in total. The van der Waals surface area contributed by atoms with E-state index in [1.807, 2.05) is 25.7 Å². The van der Waals surface area contributed by atoms with Crippen LogP contribution in [0.4, 0.5) is 10.5 Å². The maximum atomic E-state index is 12.1. The van der Waals surface area contributed by atoms with Gasteiger partial charge < -0.3 is 14.5 Å². The lowest BCUT2D eigenvalue weighted by molar-refractivity contribution is -0.0221. The van der Waals surface area contributed by atoms with Gasteiger partial charge in [0, 0.05) is 25.3 Å². The molecule has 2 fully saturated rings. The van der Waals surface area contributed by atoms with Crippen LogP contribution in [-0.4, -0.2) is 41.8 Å². The van der Waals surface area contributed by atoms with Crippen LogP contribution in [0.1, 0.15) is 32.8 Å². The van der Waals surface area contributed by atoms with Crippen LogP contribution in [0.15, 0.2) is 24.3 Å². The monoisotopic (exact) mass is 288 g/mol. The number of ether oxygens (including phenoxy) is 1. The smallest absolute Gasteiger partial charge is 0.410 e. The molecule has 1 spiro atoms. The zero-order valence-corrected chi connectivity index (χ0v) is 13.3. The number of rotatable bonds is 1. The number of carbonyl (C=O) groups is 1. The molecule has 0 bridgehead atoms. The van der Waals surface area contributed by atoms with Crippen LogP contribution < -0.4 is 4.90 Å². The number of aryl methyl sites for hydroxylation is 1. The third kappa shape index (κ3) is 2.47.